The quantitative estimate of drug-likeness (QED) is 0.614. The number of methoxy groups -OCH3 is 1. The molecule has 2 heterocycles. The first kappa shape index (κ1) is 16.9. The number of anilines is 2. The van der Waals surface area contributed by atoms with Gasteiger partial charge in [0.2, 0.25) is 5.91 Å². The molecule has 0 saturated heterocycles. The Morgan fingerprint density at radius 2 is 2.07 bits per heavy atom. The van der Waals surface area contributed by atoms with Crippen molar-refractivity contribution < 1.29 is 14.3 Å². The van der Waals surface area contributed by atoms with E-state index in [-0.39, 0.29) is 11.8 Å². The summed E-state index contributed by atoms with van der Waals surface area (Å²) < 4.78 is 5.30. The SMILES string of the molecule is CCC(=O)Nc1ccc2c(c1)/C(=C/c1c[nH]c3ccc(OC)cc13)C(=O)N2. The summed E-state index contributed by atoms with van der Waals surface area (Å²) >= 11 is 0. The number of ether oxygens (including phenoxy) is 1. The molecule has 1 aromatic heterocycles. The second kappa shape index (κ2) is 6.64. The monoisotopic (exact) mass is 361 g/mol. The van der Waals surface area contributed by atoms with Gasteiger partial charge in [-0.15, -0.1) is 0 Å². The van der Waals surface area contributed by atoms with E-state index in [9.17, 15) is 9.59 Å². The highest BCUT2D eigenvalue weighted by molar-refractivity contribution is 6.35. The summed E-state index contributed by atoms with van der Waals surface area (Å²) in [5.74, 6) is 0.519. The smallest absolute Gasteiger partial charge is 0.256 e. The number of fused-ring (bicyclic) bond motifs is 2. The van der Waals surface area contributed by atoms with Gasteiger partial charge in [0.1, 0.15) is 5.75 Å². The summed E-state index contributed by atoms with van der Waals surface area (Å²) in [5, 5.41) is 6.67. The van der Waals surface area contributed by atoms with E-state index in [1.807, 2.05) is 36.5 Å². The maximum atomic E-state index is 12.5. The fourth-order valence-electron chi connectivity index (χ4n) is 3.18. The molecule has 6 heteroatoms. The summed E-state index contributed by atoms with van der Waals surface area (Å²) in [6.07, 6.45) is 4.12. The van der Waals surface area contributed by atoms with Crippen molar-refractivity contribution in [3.8, 4) is 5.75 Å². The number of aromatic amines is 1. The van der Waals surface area contributed by atoms with Crippen molar-refractivity contribution in [2.45, 2.75) is 13.3 Å². The lowest BCUT2D eigenvalue weighted by molar-refractivity contribution is -0.116. The Morgan fingerprint density at radius 1 is 1.22 bits per heavy atom. The van der Waals surface area contributed by atoms with Crippen LogP contribution in [0.15, 0.2) is 42.6 Å². The lowest BCUT2D eigenvalue weighted by Crippen LogP contribution is -2.09. The Kier molecular flexibility index (Phi) is 4.16. The van der Waals surface area contributed by atoms with Crippen LogP contribution in [-0.2, 0) is 9.59 Å². The fraction of sp³-hybridized carbons (Fsp3) is 0.143. The molecule has 27 heavy (non-hydrogen) atoms. The Bertz CT molecular complexity index is 1100. The predicted octanol–water partition coefficient (Wildman–Crippen LogP) is 4.02. The molecular weight excluding hydrogens is 342 g/mol. The molecule has 6 nitrogen and oxygen atoms in total. The Morgan fingerprint density at radius 3 is 2.85 bits per heavy atom. The number of aromatic nitrogens is 1. The highest BCUT2D eigenvalue weighted by Gasteiger charge is 2.25. The van der Waals surface area contributed by atoms with Gasteiger partial charge in [-0.05, 0) is 42.5 Å². The predicted molar refractivity (Wildman–Crippen MR) is 107 cm³/mol. The first-order valence-electron chi connectivity index (χ1n) is 8.71. The van der Waals surface area contributed by atoms with Crippen LogP contribution < -0.4 is 15.4 Å². The van der Waals surface area contributed by atoms with Crippen molar-refractivity contribution in [3.05, 3.63) is 53.7 Å². The van der Waals surface area contributed by atoms with Gasteiger partial charge < -0.3 is 20.4 Å². The molecule has 3 aromatic rings. The normalized spacial score (nSPS) is 14.3. The van der Waals surface area contributed by atoms with Crippen LogP contribution in [0.4, 0.5) is 11.4 Å². The zero-order chi connectivity index (χ0) is 19.0. The minimum absolute atomic E-state index is 0.0681. The molecule has 0 unspecified atom stereocenters. The topological polar surface area (TPSA) is 83.2 Å². The molecule has 136 valence electrons. The molecular formula is C21H19N3O3. The molecule has 1 aliphatic heterocycles. The zero-order valence-electron chi connectivity index (χ0n) is 15.1. The molecule has 2 amide bonds. The third kappa shape index (κ3) is 3.06. The molecule has 0 spiro atoms. The number of rotatable bonds is 4. The van der Waals surface area contributed by atoms with Crippen LogP contribution in [0.5, 0.6) is 5.75 Å². The van der Waals surface area contributed by atoms with Crippen molar-refractivity contribution in [3.63, 3.8) is 0 Å². The minimum atomic E-state index is -0.166. The van der Waals surface area contributed by atoms with Gasteiger partial charge in [0.25, 0.3) is 5.91 Å². The van der Waals surface area contributed by atoms with Gasteiger partial charge in [-0.2, -0.15) is 0 Å². The number of benzene rings is 2. The Hall–Kier alpha value is -3.54. The molecule has 3 N–H and O–H groups in total. The van der Waals surface area contributed by atoms with Crippen LogP contribution in [0.3, 0.4) is 0 Å². The van der Waals surface area contributed by atoms with Crippen molar-refractivity contribution in [2.24, 2.45) is 0 Å². The van der Waals surface area contributed by atoms with E-state index in [1.54, 1.807) is 26.2 Å². The molecule has 0 saturated carbocycles. The number of amides is 2. The highest BCUT2D eigenvalue weighted by Crippen LogP contribution is 2.36. The van der Waals surface area contributed by atoms with Gasteiger partial charge in [0.15, 0.2) is 0 Å². The summed E-state index contributed by atoms with van der Waals surface area (Å²) in [6, 6.07) is 11.2. The van der Waals surface area contributed by atoms with Crippen LogP contribution in [-0.4, -0.2) is 23.9 Å². The van der Waals surface area contributed by atoms with Gasteiger partial charge in [-0.25, -0.2) is 0 Å². The average Bonchev–Trinajstić information content (AvgIpc) is 3.22. The van der Waals surface area contributed by atoms with Crippen LogP contribution in [0, 0.1) is 0 Å². The second-order valence-corrected chi connectivity index (χ2v) is 6.33. The largest absolute Gasteiger partial charge is 0.497 e. The molecule has 1 aliphatic rings. The van der Waals surface area contributed by atoms with Gasteiger partial charge >= 0.3 is 0 Å². The van der Waals surface area contributed by atoms with Crippen LogP contribution in [0.2, 0.25) is 0 Å². The molecule has 0 bridgehead atoms. The number of carbonyl (C=O) groups is 2. The molecule has 4 rings (SSSR count). The summed E-state index contributed by atoms with van der Waals surface area (Å²) in [4.78, 5) is 27.4. The second-order valence-electron chi connectivity index (χ2n) is 6.33. The first-order chi connectivity index (χ1) is 13.1. The lowest BCUT2D eigenvalue weighted by Gasteiger charge is -2.06. The number of H-pyrrole nitrogens is 1. The highest BCUT2D eigenvalue weighted by atomic mass is 16.5. The third-order valence-electron chi connectivity index (χ3n) is 4.63. The van der Waals surface area contributed by atoms with Crippen LogP contribution in [0.1, 0.15) is 24.5 Å². The van der Waals surface area contributed by atoms with E-state index < -0.39 is 0 Å². The molecule has 0 radical (unpaired) electrons. The lowest BCUT2D eigenvalue weighted by atomic mass is 10.0. The maximum Gasteiger partial charge on any atom is 0.256 e. The van der Waals surface area contributed by atoms with E-state index in [0.29, 0.717) is 17.7 Å². The van der Waals surface area contributed by atoms with E-state index in [4.69, 9.17) is 4.74 Å². The maximum absolute atomic E-state index is 12.5. The summed E-state index contributed by atoms with van der Waals surface area (Å²) in [5.41, 5.74) is 4.59. The zero-order valence-corrected chi connectivity index (χ0v) is 15.1. The van der Waals surface area contributed by atoms with E-state index in [0.717, 1.165) is 33.5 Å². The van der Waals surface area contributed by atoms with Gasteiger partial charge in [0.05, 0.1) is 7.11 Å². The fourth-order valence-corrected chi connectivity index (χ4v) is 3.18. The Labute approximate surface area is 156 Å². The first-order valence-corrected chi connectivity index (χ1v) is 8.71. The van der Waals surface area contributed by atoms with E-state index in [1.165, 1.54) is 0 Å². The van der Waals surface area contributed by atoms with Crippen molar-refractivity contribution in [1.82, 2.24) is 4.98 Å². The van der Waals surface area contributed by atoms with Crippen molar-refractivity contribution in [1.29, 1.82) is 0 Å². The molecule has 0 atom stereocenters. The van der Waals surface area contributed by atoms with Gasteiger partial charge in [-0.1, -0.05) is 6.92 Å². The van der Waals surface area contributed by atoms with Gasteiger partial charge in [-0.3, -0.25) is 9.59 Å². The number of carbonyl (C=O) groups excluding carboxylic acids is 2. The summed E-state index contributed by atoms with van der Waals surface area (Å²) in [7, 11) is 1.62. The van der Waals surface area contributed by atoms with Crippen molar-refractivity contribution in [2.75, 3.05) is 17.7 Å². The van der Waals surface area contributed by atoms with Crippen molar-refractivity contribution >= 4 is 45.7 Å². The number of hydrogen-bond donors (Lipinski definition) is 3. The summed E-state index contributed by atoms with van der Waals surface area (Å²) in [6.45, 7) is 1.80. The Balaban J connectivity index is 1.78. The van der Waals surface area contributed by atoms with Gasteiger partial charge in [0, 0.05) is 51.6 Å². The van der Waals surface area contributed by atoms with Crippen LogP contribution in [0.25, 0.3) is 22.6 Å². The van der Waals surface area contributed by atoms with Crippen LogP contribution >= 0.6 is 0 Å². The van der Waals surface area contributed by atoms with E-state index >= 15 is 0 Å². The van der Waals surface area contributed by atoms with E-state index in [2.05, 4.69) is 15.6 Å². The average molecular weight is 361 g/mol. The standard InChI is InChI=1S/C21H19N3O3/c1-3-20(25)23-13-4-6-19-16(9-13)17(21(26)24-19)8-12-11-22-18-7-5-14(27-2)10-15(12)18/h4-11,22H,3H2,1-2H3,(H,23,25)(H,24,26)/b17-8-. The molecule has 0 aliphatic carbocycles. The molecule has 0 fully saturated rings. The number of nitrogens with one attached hydrogen (secondary N) is 3. The minimum Gasteiger partial charge on any atom is -0.497 e. The molecule has 2 aromatic carbocycles. The third-order valence-corrected chi connectivity index (χ3v) is 4.63. The number of hydrogen-bond acceptors (Lipinski definition) is 3.